The lowest BCUT2D eigenvalue weighted by Crippen LogP contribution is -2.66. The van der Waals surface area contributed by atoms with E-state index in [1.165, 1.54) is 63.4 Å². The van der Waals surface area contributed by atoms with Crippen LogP contribution in [0.15, 0.2) is 12.2 Å². The molecule has 0 bridgehead atoms. The standard InChI is InChI=1S/C32H52O2/c1-20(2)22-12-15-29(6)18-19-31(8)23(27(22)29)10-11-25-30(7)16-14-26(34-21(3)33)28(4,5)24(30)13-17-32(25,31)9/h22-27H,1,10-19H2,2-9H3/t22-,23-,24+,25-,26+,27+,29-,30+,31-,32-/m1/s1. The van der Waals surface area contributed by atoms with Crippen LogP contribution in [0.4, 0.5) is 0 Å². The van der Waals surface area contributed by atoms with E-state index in [-0.39, 0.29) is 17.5 Å². The second kappa shape index (κ2) is 7.61. The lowest BCUT2D eigenvalue weighted by Gasteiger charge is -2.73. The van der Waals surface area contributed by atoms with Crippen LogP contribution in [-0.4, -0.2) is 12.1 Å². The summed E-state index contributed by atoms with van der Waals surface area (Å²) in [7, 11) is 0. The molecule has 0 aromatic heterocycles. The number of rotatable bonds is 2. The molecular weight excluding hydrogens is 416 g/mol. The summed E-state index contributed by atoms with van der Waals surface area (Å²) in [4.78, 5) is 11.9. The van der Waals surface area contributed by atoms with Gasteiger partial charge in [0, 0.05) is 12.3 Å². The number of allylic oxidation sites excluding steroid dienone is 1. The van der Waals surface area contributed by atoms with E-state index in [1.807, 2.05) is 0 Å². The summed E-state index contributed by atoms with van der Waals surface area (Å²) in [6.07, 6.45) is 13.4. The fourth-order valence-corrected chi connectivity index (χ4v) is 11.9. The number of hydrogen-bond donors (Lipinski definition) is 0. The third-order valence-corrected chi connectivity index (χ3v) is 13.7. The van der Waals surface area contributed by atoms with Crippen LogP contribution >= 0.6 is 0 Å². The average Bonchev–Trinajstić information content (AvgIpc) is 3.08. The molecule has 5 aliphatic rings. The molecule has 5 rings (SSSR count). The first-order valence-electron chi connectivity index (χ1n) is 14.5. The number of fused-ring (bicyclic) bond motifs is 7. The molecule has 0 saturated heterocycles. The monoisotopic (exact) mass is 468 g/mol. The number of ether oxygens (including phenoxy) is 1. The van der Waals surface area contributed by atoms with Crippen LogP contribution in [-0.2, 0) is 9.53 Å². The van der Waals surface area contributed by atoms with Crippen molar-refractivity contribution in [3.8, 4) is 0 Å². The van der Waals surface area contributed by atoms with Crippen LogP contribution in [0, 0.1) is 56.7 Å². The fraction of sp³-hybridized carbons (Fsp3) is 0.906. The minimum Gasteiger partial charge on any atom is -0.462 e. The average molecular weight is 469 g/mol. The molecule has 0 aromatic rings. The zero-order chi connectivity index (χ0) is 24.9. The van der Waals surface area contributed by atoms with Crippen molar-refractivity contribution in [2.45, 2.75) is 126 Å². The topological polar surface area (TPSA) is 26.3 Å². The molecule has 2 heteroatoms. The summed E-state index contributed by atoms with van der Waals surface area (Å²) >= 11 is 0. The van der Waals surface area contributed by atoms with Crippen LogP contribution < -0.4 is 0 Å². The minimum atomic E-state index is -0.107. The third kappa shape index (κ3) is 3.08. The summed E-state index contributed by atoms with van der Waals surface area (Å²) in [6.45, 7) is 23.9. The zero-order valence-corrected chi connectivity index (χ0v) is 23.6. The normalized spacial score (nSPS) is 53.6. The SMILES string of the molecule is C=C(C)[C@H]1CC[C@]2(C)CC[C@]3(C)[C@H](CC[C@@H]4[C@@]5(C)CC[C@H](OC(C)=O)C(C)(C)[C@@H]5CC[C@]43C)[C@H]12. The van der Waals surface area contributed by atoms with E-state index >= 15 is 0 Å². The van der Waals surface area contributed by atoms with Crippen LogP contribution in [0.25, 0.3) is 0 Å². The van der Waals surface area contributed by atoms with Gasteiger partial charge in [-0.25, -0.2) is 0 Å². The molecule has 5 fully saturated rings. The van der Waals surface area contributed by atoms with E-state index in [0.29, 0.717) is 27.6 Å². The molecule has 192 valence electrons. The van der Waals surface area contributed by atoms with Crippen LogP contribution in [0.3, 0.4) is 0 Å². The third-order valence-electron chi connectivity index (χ3n) is 13.7. The highest BCUT2D eigenvalue weighted by atomic mass is 16.5. The molecule has 5 aliphatic carbocycles. The summed E-state index contributed by atoms with van der Waals surface area (Å²) < 4.78 is 5.91. The maximum absolute atomic E-state index is 11.9. The van der Waals surface area contributed by atoms with Crippen molar-refractivity contribution >= 4 is 5.97 Å². The summed E-state index contributed by atoms with van der Waals surface area (Å²) in [5.74, 6) is 3.74. The van der Waals surface area contributed by atoms with E-state index < -0.39 is 0 Å². The minimum absolute atomic E-state index is 0.0550. The molecule has 10 atom stereocenters. The zero-order valence-electron chi connectivity index (χ0n) is 23.6. The fourth-order valence-electron chi connectivity index (χ4n) is 11.9. The van der Waals surface area contributed by atoms with E-state index in [9.17, 15) is 4.79 Å². The molecule has 0 radical (unpaired) electrons. The Balaban J connectivity index is 1.50. The molecule has 2 nitrogen and oxygen atoms in total. The van der Waals surface area contributed by atoms with Crippen molar-refractivity contribution in [3.05, 3.63) is 12.2 Å². The highest BCUT2D eigenvalue weighted by Crippen LogP contribution is 2.77. The van der Waals surface area contributed by atoms with Gasteiger partial charge in [0.25, 0.3) is 0 Å². The number of hydrogen-bond acceptors (Lipinski definition) is 2. The Bertz CT molecular complexity index is 872. The molecule has 0 aliphatic heterocycles. The van der Waals surface area contributed by atoms with Gasteiger partial charge in [-0.1, -0.05) is 53.7 Å². The van der Waals surface area contributed by atoms with Gasteiger partial charge in [-0.15, -0.1) is 0 Å². The van der Waals surface area contributed by atoms with Gasteiger partial charge < -0.3 is 4.74 Å². The van der Waals surface area contributed by atoms with Crippen molar-refractivity contribution in [1.82, 2.24) is 0 Å². The van der Waals surface area contributed by atoms with Gasteiger partial charge in [0.1, 0.15) is 6.10 Å². The van der Waals surface area contributed by atoms with Crippen molar-refractivity contribution in [3.63, 3.8) is 0 Å². The quantitative estimate of drug-likeness (QED) is 0.299. The van der Waals surface area contributed by atoms with Crippen LogP contribution in [0.5, 0.6) is 0 Å². The molecule has 0 N–H and O–H groups in total. The van der Waals surface area contributed by atoms with Crippen molar-refractivity contribution in [1.29, 1.82) is 0 Å². The summed E-state index contributed by atoms with van der Waals surface area (Å²) in [6, 6.07) is 0. The largest absolute Gasteiger partial charge is 0.462 e. The van der Waals surface area contributed by atoms with Crippen molar-refractivity contribution < 1.29 is 9.53 Å². The van der Waals surface area contributed by atoms with E-state index in [1.54, 1.807) is 6.92 Å². The lowest BCUT2D eigenvalue weighted by molar-refractivity contribution is -0.248. The van der Waals surface area contributed by atoms with Crippen molar-refractivity contribution in [2.75, 3.05) is 0 Å². The van der Waals surface area contributed by atoms with Crippen LogP contribution in [0.1, 0.15) is 120 Å². The molecule has 5 saturated carbocycles. The van der Waals surface area contributed by atoms with Gasteiger partial charge >= 0.3 is 5.97 Å². The van der Waals surface area contributed by atoms with Gasteiger partial charge in [0.05, 0.1) is 0 Å². The second-order valence-corrected chi connectivity index (χ2v) is 15.3. The number of carbonyl (C=O) groups excluding carboxylic acids is 1. The molecule has 34 heavy (non-hydrogen) atoms. The van der Waals surface area contributed by atoms with Crippen molar-refractivity contribution in [2.24, 2.45) is 56.7 Å². The molecule has 0 aromatic carbocycles. The van der Waals surface area contributed by atoms with Gasteiger partial charge in [0.15, 0.2) is 0 Å². The first-order chi connectivity index (χ1) is 15.7. The first-order valence-corrected chi connectivity index (χ1v) is 14.5. The summed E-state index contributed by atoms with van der Waals surface area (Å²) in [5, 5.41) is 0. The maximum Gasteiger partial charge on any atom is 0.302 e. The Morgan fingerprint density at radius 3 is 2.12 bits per heavy atom. The Morgan fingerprint density at radius 2 is 1.47 bits per heavy atom. The smallest absolute Gasteiger partial charge is 0.302 e. The highest BCUT2D eigenvalue weighted by Gasteiger charge is 2.70. The highest BCUT2D eigenvalue weighted by molar-refractivity contribution is 5.66. The predicted molar refractivity (Wildman–Crippen MR) is 140 cm³/mol. The molecular formula is C32H52O2. The second-order valence-electron chi connectivity index (χ2n) is 15.3. The lowest BCUT2D eigenvalue weighted by atomic mass is 9.32. The van der Waals surface area contributed by atoms with E-state index in [4.69, 9.17) is 4.74 Å². The predicted octanol–water partition coefficient (Wildman–Crippen LogP) is 8.60. The van der Waals surface area contributed by atoms with Gasteiger partial charge in [-0.2, -0.15) is 0 Å². The first kappa shape index (κ1) is 24.9. The van der Waals surface area contributed by atoms with Crippen LogP contribution in [0.2, 0.25) is 0 Å². The Hall–Kier alpha value is -0.790. The molecule has 0 spiro atoms. The number of esters is 1. The molecule has 0 unspecified atom stereocenters. The maximum atomic E-state index is 11.9. The van der Waals surface area contributed by atoms with Gasteiger partial charge in [0.2, 0.25) is 0 Å². The van der Waals surface area contributed by atoms with Gasteiger partial charge in [-0.05, 0) is 122 Å². The Kier molecular flexibility index (Phi) is 5.57. The summed E-state index contributed by atoms with van der Waals surface area (Å²) in [5.41, 5.74) is 3.23. The van der Waals surface area contributed by atoms with Gasteiger partial charge in [-0.3, -0.25) is 4.79 Å². The van der Waals surface area contributed by atoms with E-state index in [0.717, 1.165) is 30.1 Å². The molecule has 0 amide bonds. The number of carbonyl (C=O) groups is 1. The van der Waals surface area contributed by atoms with E-state index in [2.05, 4.69) is 55.0 Å². The Morgan fingerprint density at radius 1 is 0.765 bits per heavy atom. The molecule has 0 heterocycles. The Labute approximate surface area is 210 Å².